The van der Waals surface area contributed by atoms with Crippen LogP contribution in [0.1, 0.15) is 57.1 Å². The normalized spacial score (nSPS) is 15.2. The molecule has 0 spiro atoms. The van der Waals surface area contributed by atoms with Crippen molar-refractivity contribution >= 4 is 16.6 Å². The average Bonchev–Trinajstić information content (AvgIpc) is 3.22. The third kappa shape index (κ3) is 2.98. The topological polar surface area (TPSA) is 64.5 Å². The molecule has 1 heterocycles. The van der Waals surface area contributed by atoms with Gasteiger partial charge in [0, 0.05) is 19.6 Å². The van der Waals surface area contributed by atoms with Gasteiger partial charge in [-0.1, -0.05) is 19.9 Å². The molecule has 0 bridgehead atoms. The van der Waals surface area contributed by atoms with Crippen molar-refractivity contribution in [3.05, 3.63) is 58.3 Å². The second-order valence-electron chi connectivity index (χ2n) is 6.23. The van der Waals surface area contributed by atoms with Crippen LogP contribution in [-0.4, -0.2) is 10.2 Å². The van der Waals surface area contributed by atoms with E-state index in [1.54, 1.807) is 0 Å². The van der Waals surface area contributed by atoms with Gasteiger partial charge in [-0.2, -0.15) is 10.4 Å². The van der Waals surface area contributed by atoms with Crippen LogP contribution in [-0.2, 0) is 6.42 Å². The number of H-pyrrole nitrogens is 1. The maximum absolute atomic E-state index is 9.18. The number of hydrogen-bond donors (Lipinski definition) is 2. The van der Waals surface area contributed by atoms with Gasteiger partial charge in [0.25, 0.3) is 0 Å². The summed E-state index contributed by atoms with van der Waals surface area (Å²) < 4.78 is 0. The standard InChI is InChI=1S/C19H18N4.C2H6.2H2/c1-11-13(10-20)3-5-16-15(11)6-8-18(16)21-14-4-7-19-17(9-14)12(2)22-23-19;1-2;;/h3-5,7,9,18,21H,6,8H2,1-2H3,(H,22,23);1-2H3;2*1H/t18-;;;/m0.../s1. The van der Waals surface area contributed by atoms with Crippen LogP contribution in [0.15, 0.2) is 30.3 Å². The molecule has 4 nitrogen and oxygen atoms in total. The minimum Gasteiger partial charge on any atom is -0.378 e. The number of benzene rings is 2. The Morgan fingerprint density at radius 1 is 1.24 bits per heavy atom. The molecule has 1 atom stereocenters. The van der Waals surface area contributed by atoms with Crippen LogP contribution in [0.4, 0.5) is 5.69 Å². The number of hydrogen-bond acceptors (Lipinski definition) is 3. The number of nitrogens with zero attached hydrogens (tertiary/aromatic N) is 2. The highest BCUT2D eigenvalue weighted by molar-refractivity contribution is 5.84. The van der Waals surface area contributed by atoms with Gasteiger partial charge in [-0.15, -0.1) is 0 Å². The van der Waals surface area contributed by atoms with Gasteiger partial charge in [-0.3, -0.25) is 5.10 Å². The molecule has 1 aromatic heterocycles. The fraction of sp³-hybridized carbons (Fsp3) is 0.333. The maximum Gasteiger partial charge on any atom is 0.0994 e. The molecule has 0 unspecified atom stereocenters. The Hall–Kier alpha value is -2.80. The Morgan fingerprint density at radius 2 is 2.04 bits per heavy atom. The number of aromatic amines is 1. The van der Waals surface area contributed by atoms with Gasteiger partial charge in [0.05, 0.1) is 23.2 Å². The highest BCUT2D eigenvalue weighted by Crippen LogP contribution is 2.37. The van der Waals surface area contributed by atoms with Crippen molar-refractivity contribution in [3.63, 3.8) is 0 Å². The van der Waals surface area contributed by atoms with Crippen LogP contribution in [0.2, 0.25) is 0 Å². The van der Waals surface area contributed by atoms with Crippen LogP contribution >= 0.6 is 0 Å². The summed E-state index contributed by atoms with van der Waals surface area (Å²) in [5.74, 6) is 0. The molecule has 25 heavy (non-hydrogen) atoms. The Morgan fingerprint density at radius 3 is 2.80 bits per heavy atom. The van der Waals surface area contributed by atoms with Gasteiger partial charge in [0.15, 0.2) is 0 Å². The van der Waals surface area contributed by atoms with E-state index in [2.05, 4.69) is 46.7 Å². The summed E-state index contributed by atoms with van der Waals surface area (Å²) in [4.78, 5) is 0. The zero-order valence-corrected chi connectivity index (χ0v) is 15.3. The first kappa shape index (κ1) is 17.0. The van der Waals surface area contributed by atoms with Gasteiger partial charge in [-0.05, 0) is 67.6 Å². The van der Waals surface area contributed by atoms with E-state index in [-0.39, 0.29) is 2.85 Å². The summed E-state index contributed by atoms with van der Waals surface area (Å²) in [6.45, 7) is 8.09. The van der Waals surface area contributed by atoms with Crippen LogP contribution in [0, 0.1) is 25.2 Å². The minimum absolute atomic E-state index is 0. The van der Waals surface area contributed by atoms with Crippen molar-refractivity contribution in [2.75, 3.05) is 5.32 Å². The van der Waals surface area contributed by atoms with Crippen molar-refractivity contribution in [1.29, 1.82) is 5.26 Å². The molecule has 3 aromatic rings. The summed E-state index contributed by atoms with van der Waals surface area (Å²) in [6, 6.07) is 12.9. The molecule has 0 saturated carbocycles. The van der Waals surface area contributed by atoms with E-state index in [0.29, 0.717) is 6.04 Å². The first-order chi connectivity index (χ1) is 12.2. The second-order valence-corrected chi connectivity index (χ2v) is 6.23. The first-order valence-electron chi connectivity index (χ1n) is 8.91. The van der Waals surface area contributed by atoms with Crippen LogP contribution in [0.25, 0.3) is 10.9 Å². The Bertz CT molecular complexity index is 957. The fourth-order valence-electron chi connectivity index (χ4n) is 3.58. The van der Waals surface area contributed by atoms with Gasteiger partial charge in [0.2, 0.25) is 0 Å². The molecule has 1 aliphatic carbocycles. The molecule has 2 N–H and O–H groups in total. The van der Waals surface area contributed by atoms with Gasteiger partial charge in [-0.25, -0.2) is 0 Å². The zero-order chi connectivity index (χ0) is 18.0. The number of nitriles is 1. The Balaban J connectivity index is 0.000000883. The summed E-state index contributed by atoms with van der Waals surface area (Å²) in [5, 5.41) is 21.3. The van der Waals surface area contributed by atoms with Gasteiger partial charge < -0.3 is 5.32 Å². The molecule has 0 amide bonds. The van der Waals surface area contributed by atoms with Crippen molar-refractivity contribution in [1.82, 2.24) is 10.2 Å². The van der Waals surface area contributed by atoms with E-state index < -0.39 is 0 Å². The highest BCUT2D eigenvalue weighted by atomic mass is 15.1. The van der Waals surface area contributed by atoms with E-state index >= 15 is 0 Å². The number of anilines is 1. The molecule has 0 radical (unpaired) electrons. The molecule has 0 fully saturated rings. The molecular formula is C21H28N4. The molecule has 0 aliphatic heterocycles. The van der Waals surface area contributed by atoms with E-state index in [9.17, 15) is 5.26 Å². The predicted octanol–water partition coefficient (Wildman–Crippen LogP) is 5.67. The lowest BCUT2D eigenvalue weighted by molar-refractivity contribution is 0.762. The van der Waals surface area contributed by atoms with Gasteiger partial charge >= 0.3 is 0 Å². The fourth-order valence-corrected chi connectivity index (χ4v) is 3.58. The minimum atomic E-state index is 0. The second kappa shape index (κ2) is 6.98. The van der Waals surface area contributed by atoms with Crippen LogP contribution < -0.4 is 5.32 Å². The third-order valence-corrected chi connectivity index (χ3v) is 4.90. The van der Waals surface area contributed by atoms with Crippen molar-refractivity contribution < 1.29 is 2.85 Å². The van der Waals surface area contributed by atoms with E-state index in [4.69, 9.17) is 0 Å². The molecule has 0 saturated heterocycles. The van der Waals surface area contributed by atoms with E-state index in [1.807, 2.05) is 32.9 Å². The summed E-state index contributed by atoms with van der Waals surface area (Å²) >= 11 is 0. The molecular weight excluding hydrogens is 308 g/mol. The average molecular weight is 336 g/mol. The van der Waals surface area contributed by atoms with Crippen LogP contribution in [0.5, 0.6) is 0 Å². The largest absolute Gasteiger partial charge is 0.378 e. The number of fused-ring (bicyclic) bond motifs is 2. The molecule has 132 valence electrons. The predicted molar refractivity (Wildman–Crippen MR) is 107 cm³/mol. The lowest BCUT2D eigenvalue weighted by Crippen LogP contribution is -2.07. The third-order valence-electron chi connectivity index (χ3n) is 4.90. The summed E-state index contributed by atoms with van der Waals surface area (Å²) in [7, 11) is 0. The summed E-state index contributed by atoms with van der Waals surface area (Å²) in [6.07, 6.45) is 2.09. The smallest absolute Gasteiger partial charge is 0.0994 e. The lowest BCUT2D eigenvalue weighted by Gasteiger charge is -2.16. The molecule has 4 rings (SSSR count). The SMILES string of the molecule is CC.Cc1c(C#N)ccc2c1CC[C@@H]2Nc1ccc2n[nH]c(C)c2c1.[HH].[HH]. The Labute approximate surface area is 151 Å². The quantitative estimate of drug-likeness (QED) is 0.634. The molecule has 1 aliphatic rings. The van der Waals surface area contributed by atoms with Crippen molar-refractivity contribution in [2.24, 2.45) is 0 Å². The van der Waals surface area contributed by atoms with E-state index in [0.717, 1.165) is 46.3 Å². The molecule has 4 heteroatoms. The summed E-state index contributed by atoms with van der Waals surface area (Å²) in [5.41, 5.74) is 7.78. The highest BCUT2D eigenvalue weighted by Gasteiger charge is 2.24. The number of aryl methyl sites for hydroxylation is 1. The number of nitrogens with one attached hydrogen (secondary N) is 2. The number of rotatable bonds is 2. The number of aromatic nitrogens is 2. The Kier molecular flexibility index (Phi) is 4.76. The van der Waals surface area contributed by atoms with Crippen LogP contribution in [0.3, 0.4) is 0 Å². The van der Waals surface area contributed by atoms with Gasteiger partial charge in [0.1, 0.15) is 0 Å². The zero-order valence-electron chi connectivity index (χ0n) is 15.3. The molecule has 2 aromatic carbocycles. The first-order valence-corrected chi connectivity index (χ1v) is 8.91. The van der Waals surface area contributed by atoms with Crippen molar-refractivity contribution in [2.45, 2.75) is 46.6 Å². The van der Waals surface area contributed by atoms with E-state index in [1.165, 1.54) is 11.1 Å². The van der Waals surface area contributed by atoms with Crippen molar-refractivity contribution in [3.8, 4) is 6.07 Å². The monoisotopic (exact) mass is 336 g/mol. The maximum atomic E-state index is 9.18. The lowest BCUT2D eigenvalue weighted by atomic mass is 9.98.